The van der Waals surface area contributed by atoms with Crippen LogP contribution in [-0.2, 0) is 9.31 Å². The number of benzene rings is 2. The first-order chi connectivity index (χ1) is 11.2. The molecule has 0 spiro atoms. The Morgan fingerprint density at radius 2 is 1.62 bits per heavy atom. The van der Waals surface area contributed by atoms with Gasteiger partial charge in [0.2, 0.25) is 0 Å². The van der Waals surface area contributed by atoms with Crippen molar-refractivity contribution in [2.45, 2.75) is 38.9 Å². The number of rotatable bonds is 3. The Kier molecular flexibility index (Phi) is 4.20. The highest BCUT2D eigenvalue weighted by molar-refractivity contribution is 6.56. The van der Waals surface area contributed by atoms with Crippen molar-refractivity contribution in [3.63, 3.8) is 0 Å². The van der Waals surface area contributed by atoms with Crippen LogP contribution in [0.15, 0.2) is 41.9 Å². The molecule has 5 heteroatoms. The maximum Gasteiger partial charge on any atom is 0.492 e. The minimum absolute atomic E-state index is 0.129. The number of hydrogen-bond acceptors (Lipinski definition) is 4. The first-order valence-electron chi connectivity index (χ1n) is 8.19. The van der Waals surface area contributed by atoms with Gasteiger partial charge in [-0.25, -0.2) is 0 Å². The second-order valence-electron chi connectivity index (χ2n) is 7.26. The Bertz CT molecular complexity index is 782. The minimum atomic E-state index is -0.559. The predicted octanol–water partition coefficient (Wildman–Crippen LogP) is 3.43. The quantitative estimate of drug-likeness (QED) is 0.670. The molecule has 0 amide bonds. The molecule has 1 aliphatic rings. The average Bonchev–Trinajstić information content (AvgIpc) is 2.75. The van der Waals surface area contributed by atoms with Crippen molar-refractivity contribution in [3.05, 3.63) is 47.4 Å². The van der Waals surface area contributed by atoms with Gasteiger partial charge < -0.3 is 20.1 Å². The third-order valence-electron chi connectivity index (χ3n) is 5.07. The van der Waals surface area contributed by atoms with Crippen LogP contribution in [0.3, 0.4) is 0 Å². The second-order valence-corrected chi connectivity index (χ2v) is 7.26. The van der Waals surface area contributed by atoms with Gasteiger partial charge in [-0.3, -0.25) is 0 Å². The number of aliphatic hydroxyl groups excluding tert-OH is 1. The Labute approximate surface area is 143 Å². The largest absolute Gasteiger partial charge is 0.492 e. The smallest absolute Gasteiger partial charge is 0.400 e. The van der Waals surface area contributed by atoms with E-state index >= 15 is 0 Å². The summed E-state index contributed by atoms with van der Waals surface area (Å²) in [5, 5.41) is 11.9. The molecule has 3 N–H and O–H groups in total. The lowest BCUT2D eigenvalue weighted by molar-refractivity contribution is 0.00578. The topological polar surface area (TPSA) is 64.7 Å². The van der Waals surface area contributed by atoms with E-state index in [0.29, 0.717) is 5.47 Å². The van der Waals surface area contributed by atoms with E-state index in [1.165, 1.54) is 0 Å². The fourth-order valence-electron chi connectivity index (χ4n) is 2.85. The lowest BCUT2D eigenvalue weighted by atomic mass is 9.77. The van der Waals surface area contributed by atoms with Gasteiger partial charge >= 0.3 is 7.12 Å². The lowest BCUT2D eigenvalue weighted by Gasteiger charge is -2.32. The Hall–Kier alpha value is -1.82. The van der Waals surface area contributed by atoms with Crippen LogP contribution in [0.4, 0.5) is 5.69 Å². The molecule has 0 bridgehead atoms. The standard InChI is InChI=1S/C19H24BNO3/c1-18(2)19(3,4)24-20(23-18)14(12-22)11-13-9-10-17(21)16-8-6-5-7-15(13)16/h5-11,22H,12,21H2,1-4H3. The third-order valence-corrected chi connectivity index (χ3v) is 5.07. The summed E-state index contributed by atoms with van der Waals surface area (Å²) < 4.78 is 12.1. The van der Waals surface area contributed by atoms with Crippen LogP contribution >= 0.6 is 0 Å². The molecular formula is C19H24BNO3. The SMILES string of the molecule is CC1(C)OB(C(=Cc2ccc(N)c3ccccc23)CO)OC1(C)C. The Morgan fingerprint density at radius 1 is 1.04 bits per heavy atom. The van der Waals surface area contributed by atoms with E-state index in [0.717, 1.165) is 22.0 Å². The van der Waals surface area contributed by atoms with Crippen LogP contribution in [0.5, 0.6) is 0 Å². The van der Waals surface area contributed by atoms with E-state index in [-0.39, 0.29) is 6.61 Å². The zero-order chi connectivity index (χ0) is 17.5. The maximum absolute atomic E-state index is 9.86. The molecule has 126 valence electrons. The van der Waals surface area contributed by atoms with Crippen LogP contribution in [0.2, 0.25) is 0 Å². The summed E-state index contributed by atoms with van der Waals surface area (Å²) in [6.45, 7) is 7.87. The van der Waals surface area contributed by atoms with Gasteiger partial charge in [0.25, 0.3) is 0 Å². The summed E-state index contributed by atoms with van der Waals surface area (Å²) in [4.78, 5) is 0. The molecule has 2 aromatic carbocycles. The molecule has 0 aliphatic carbocycles. The van der Waals surface area contributed by atoms with Crippen molar-refractivity contribution in [1.29, 1.82) is 0 Å². The minimum Gasteiger partial charge on any atom is -0.400 e. The first kappa shape index (κ1) is 17.0. The second kappa shape index (κ2) is 5.92. The summed E-state index contributed by atoms with van der Waals surface area (Å²) in [7, 11) is -0.559. The van der Waals surface area contributed by atoms with E-state index in [9.17, 15) is 5.11 Å². The van der Waals surface area contributed by atoms with Gasteiger partial charge in [-0.15, -0.1) is 0 Å². The molecule has 1 fully saturated rings. The molecule has 0 atom stereocenters. The number of hydrogen-bond donors (Lipinski definition) is 2. The van der Waals surface area contributed by atoms with Crippen LogP contribution in [0.1, 0.15) is 33.3 Å². The zero-order valence-corrected chi connectivity index (χ0v) is 14.7. The lowest BCUT2D eigenvalue weighted by Crippen LogP contribution is -2.41. The van der Waals surface area contributed by atoms with Gasteiger partial charge in [-0.2, -0.15) is 0 Å². The van der Waals surface area contributed by atoms with E-state index in [4.69, 9.17) is 15.0 Å². The van der Waals surface area contributed by atoms with Crippen molar-refractivity contribution in [2.75, 3.05) is 12.3 Å². The molecule has 1 heterocycles. The number of nitrogens with two attached hydrogens (primary N) is 1. The molecule has 2 aromatic rings. The predicted molar refractivity (Wildman–Crippen MR) is 99.5 cm³/mol. The Balaban J connectivity index is 2.03. The van der Waals surface area contributed by atoms with Crippen LogP contribution in [0.25, 0.3) is 16.8 Å². The van der Waals surface area contributed by atoms with Crippen molar-refractivity contribution < 1.29 is 14.4 Å². The Morgan fingerprint density at radius 3 is 2.21 bits per heavy atom. The highest BCUT2D eigenvalue weighted by atomic mass is 16.7. The molecule has 24 heavy (non-hydrogen) atoms. The van der Waals surface area contributed by atoms with Crippen LogP contribution < -0.4 is 5.73 Å². The molecule has 0 radical (unpaired) electrons. The van der Waals surface area contributed by atoms with Gasteiger partial charge in [-0.05, 0) is 50.2 Å². The van der Waals surface area contributed by atoms with Gasteiger partial charge in [0.1, 0.15) is 0 Å². The summed E-state index contributed by atoms with van der Waals surface area (Å²) in [5.74, 6) is 0. The molecule has 1 aliphatic heterocycles. The summed E-state index contributed by atoms with van der Waals surface area (Å²) >= 11 is 0. The third kappa shape index (κ3) is 2.84. The normalized spacial score (nSPS) is 19.9. The van der Waals surface area contributed by atoms with Gasteiger partial charge in [0, 0.05) is 11.1 Å². The number of nitrogen functional groups attached to an aromatic ring is 1. The number of aliphatic hydroxyl groups is 1. The monoisotopic (exact) mass is 325 g/mol. The highest BCUT2D eigenvalue weighted by Crippen LogP contribution is 2.39. The summed E-state index contributed by atoms with van der Waals surface area (Å²) in [6.07, 6.45) is 1.93. The molecule has 0 saturated carbocycles. The zero-order valence-electron chi connectivity index (χ0n) is 14.7. The van der Waals surface area contributed by atoms with Crippen molar-refractivity contribution >= 4 is 29.7 Å². The van der Waals surface area contributed by atoms with Gasteiger partial charge in [0.05, 0.1) is 17.8 Å². The van der Waals surface area contributed by atoms with Crippen molar-refractivity contribution in [1.82, 2.24) is 0 Å². The van der Waals surface area contributed by atoms with Crippen molar-refractivity contribution in [3.8, 4) is 0 Å². The van der Waals surface area contributed by atoms with Crippen molar-refractivity contribution in [2.24, 2.45) is 0 Å². The molecular weight excluding hydrogens is 301 g/mol. The summed E-state index contributed by atoms with van der Waals surface area (Å²) in [5.41, 5.74) is 7.61. The molecule has 1 saturated heterocycles. The fraction of sp³-hybridized carbons (Fsp3) is 0.368. The van der Waals surface area contributed by atoms with Crippen LogP contribution in [-0.4, -0.2) is 30.0 Å². The van der Waals surface area contributed by atoms with Crippen LogP contribution in [0, 0.1) is 0 Å². The van der Waals surface area contributed by atoms with E-state index in [1.807, 2.05) is 70.2 Å². The molecule has 0 unspecified atom stereocenters. The maximum atomic E-state index is 9.86. The van der Waals surface area contributed by atoms with E-state index < -0.39 is 18.3 Å². The fourth-order valence-corrected chi connectivity index (χ4v) is 2.85. The highest BCUT2D eigenvalue weighted by Gasteiger charge is 2.52. The molecule has 4 nitrogen and oxygen atoms in total. The van der Waals surface area contributed by atoms with E-state index in [2.05, 4.69) is 0 Å². The van der Waals surface area contributed by atoms with Gasteiger partial charge in [0.15, 0.2) is 0 Å². The average molecular weight is 325 g/mol. The van der Waals surface area contributed by atoms with Gasteiger partial charge in [-0.1, -0.05) is 36.4 Å². The molecule has 3 rings (SSSR count). The number of anilines is 1. The first-order valence-corrected chi connectivity index (χ1v) is 8.19. The number of fused-ring (bicyclic) bond motifs is 1. The van der Waals surface area contributed by atoms with E-state index in [1.54, 1.807) is 0 Å². The summed E-state index contributed by atoms with van der Waals surface area (Å²) in [6, 6.07) is 11.8. The molecule has 0 aromatic heterocycles.